The van der Waals surface area contributed by atoms with E-state index in [1.54, 1.807) is 36.0 Å². The van der Waals surface area contributed by atoms with Gasteiger partial charge in [-0.3, -0.25) is 4.79 Å². The Bertz CT molecular complexity index is 685. The molecule has 5 nitrogen and oxygen atoms in total. The van der Waals surface area contributed by atoms with Crippen LogP contribution >= 0.6 is 27.5 Å². The molecule has 0 unspecified atom stereocenters. The summed E-state index contributed by atoms with van der Waals surface area (Å²) < 4.78 is 12.9. The van der Waals surface area contributed by atoms with E-state index in [9.17, 15) is 4.79 Å². The fourth-order valence-electron chi connectivity index (χ4n) is 1.89. The van der Waals surface area contributed by atoms with Crippen LogP contribution in [0.25, 0.3) is 0 Å². The average Bonchev–Trinajstić information content (AvgIpc) is 2.78. The number of nitrogens with zero attached hydrogens (tertiary/aromatic N) is 1. The van der Waals surface area contributed by atoms with Crippen LogP contribution in [0.2, 0.25) is 5.02 Å². The van der Waals surface area contributed by atoms with Crippen molar-refractivity contribution in [1.82, 2.24) is 4.57 Å². The number of rotatable bonds is 4. The van der Waals surface area contributed by atoms with Crippen molar-refractivity contribution in [2.45, 2.75) is 0 Å². The second kappa shape index (κ2) is 6.41. The summed E-state index contributed by atoms with van der Waals surface area (Å²) in [5.41, 5.74) is 0.987. The topological polar surface area (TPSA) is 52.5 Å². The van der Waals surface area contributed by atoms with Crippen LogP contribution in [0.4, 0.5) is 5.69 Å². The first-order valence-corrected chi connectivity index (χ1v) is 7.18. The second-order valence-electron chi connectivity index (χ2n) is 4.30. The molecule has 0 aliphatic rings. The van der Waals surface area contributed by atoms with E-state index < -0.39 is 0 Å². The van der Waals surface area contributed by atoms with Gasteiger partial charge in [0.05, 0.1) is 24.9 Å². The minimum Gasteiger partial charge on any atom is -0.495 e. The van der Waals surface area contributed by atoms with E-state index in [0.717, 1.165) is 4.47 Å². The van der Waals surface area contributed by atoms with Gasteiger partial charge >= 0.3 is 0 Å². The van der Waals surface area contributed by atoms with Gasteiger partial charge in [0, 0.05) is 23.8 Å². The van der Waals surface area contributed by atoms with Crippen molar-refractivity contribution in [2.75, 3.05) is 19.5 Å². The molecule has 1 heterocycles. The maximum atomic E-state index is 12.3. The molecule has 0 aliphatic heterocycles. The quantitative estimate of drug-likeness (QED) is 0.889. The molecular weight excluding hydrogens is 360 g/mol. The molecule has 112 valence electrons. The number of carbonyl (C=O) groups excluding carboxylic acids is 1. The van der Waals surface area contributed by atoms with E-state index in [2.05, 4.69) is 21.2 Å². The molecule has 2 rings (SSSR count). The van der Waals surface area contributed by atoms with Gasteiger partial charge in [0.25, 0.3) is 5.91 Å². The Hall–Kier alpha value is -1.66. The fraction of sp³-hybridized carbons (Fsp3) is 0.214. The van der Waals surface area contributed by atoms with Crippen molar-refractivity contribution in [3.8, 4) is 11.5 Å². The Morgan fingerprint density at radius 2 is 1.90 bits per heavy atom. The van der Waals surface area contributed by atoms with Gasteiger partial charge in [0.15, 0.2) is 0 Å². The van der Waals surface area contributed by atoms with Crippen LogP contribution in [0.15, 0.2) is 28.9 Å². The molecule has 0 aliphatic carbocycles. The zero-order valence-corrected chi connectivity index (χ0v) is 14.1. The van der Waals surface area contributed by atoms with Crippen LogP contribution in [0.3, 0.4) is 0 Å². The number of ether oxygens (including phenoxy) is 2. The summed E-state index contributed by atoms with van der Waals surface area (Å²) in [7, 11) is 4.82. The number of hydrogen-bond acceptors (Lipinski definition) is 3. The molecule has 1 aromatic carbocycles. The lowest BCUT2D eigenvalue weighted by molar-refractivity contribution is 0.101. The summed E-state index contributed by atoms with van der Waals surface area (Å²) in [6.07, 6.45) is 1.80. The Kier molecular flexibility index (Phi) is 4.80. The minimum absolute atomic E-state index is 0.261. The normalized spacial score (nSPS) is 10.3. The Balaban J connectivity index is 2.32. The number of aryl methyl sites for hydroxylation is 1. The van der Waals surface area contributed by atoms with Crippen LogP contribution in [-0.2, 0) is 7.05 Å². The molecule has 21 heavy (non-hydrogen) atoms. The molecule has 0 fully saturated rings. The van der Waals surface area contributed by atoms with Crippen molar-refractivity contribution in [3.63, 3.8) is 0 Å². The zero-order chi connectivity index (χ0) is 15.6. The van der Waals surface area contributed by atoms with Crippen molar-refractivity contribution in [3.05, 3.63) is 39.6 Å². The maximum Gasteiger partial charge on any atom is 0.272 e. The van der Waals surface area contributed by atoms with E-state index in [4.69, 9.17) is 21.1 Å². The first kappa shape index (κ1) is 15.7. The maximum absolute atomic E-state index is 12.3. The molecular formula is C14H14BrClN2O3. The number of amides is 1. The lowest BCUT2D eigenvalue weighted by atomic mass is 10.2. The molecule has 0 atom stereocenters. The third-order valence-corrected chi connectivity index (χ3v) is 3.66. The van der Waals surface area contributed by atoms with Gasteiger partial charge in [-0.2, -0.15) is 0 Å². The number of carbonyl (C=O) groups is 1. The van der Waals surface area contributed by atoms with Crippen molar-refractivity contribution in [1.29, 1.82) is 0 Å². The fourth-order valence-corrected chi connectivity index (χ4v) is 2.66. The number of halogens is 2. The van der Waals surface area contributed by atoms with Gasteiger partial charge in [-0.25, -0.2) is 0 Å². The van der Waals surface area contributed by atoms with Gasteiger partial charge in [-0.1, -0.05) is 11.6 Å². The first-order valence-electron chi connectivity index (χ1n) is 6.01. The Labute approximate surface area is 135 Å². The molecule has 1 N–H and O–H groups in total. The summed E-state index contributed by atoms with van der Waals surface area (Å²) in [6.45, 7) is 0. The van der Waals surface area contributed by atoms with Gasteiger partial charge in [-0.15, -0.1) is 0 Å². The van der Waals surface area contributed by atoms with Gasteiger partial charge < -0.3 is 19.4 Å². The molecule has 0 spiro atoms. The summed E-state index contributed by atoms with van der Waals surface area (Å²) in [5.74, 6) is 0.689. The Morgan fingerprint density at radius 1 is 1.24 bits per heavy atom. The summed E-state index contributed by atoms with van der Waals surface area (Å²) in [5, 5.41) is 3.17. The highest BCUT2D eigenvalue weighted by molar-refractivity contribution is 9.10. The van der Waals surface area contributed by atoms with Gasteiger partial charge in [-0.05, 0) is 28.1 Å². The first-order chi connectivity index (χ1) is 9.96. The average molecular weight is 374 g/mol. The number of hydrogen-bond donors (Lipinski definition) is 1. The molecule has 7 heteroatoms. The van der Waals surface area contributed by atoms with Crippen molar-refractivity contribution in [2.24, 2.45) is 7.05 Å². The predicted octanol–water partition coefficient (Wildman–Crippen LogP) is 3.71. The van der Waals surface area contributed by atoms with Crippen molar-refractivity contribution < 1.29 is 14.3 Å². The number of nitrogens with one attached hydrogen (secondary N) is 1. The van der Waals surface area contributed by atoms with E-state index in [-0.39, 0.29) is 5.91 Å². The Morgan fingerprint density at radius 3 is 2.43 bits per heavy atom. The highest BCUT2D eigenvalue weighted by atomic mass is 79.9. The monoisotopic (exact) mass is 372 g/mol. The van der Waals surface area contributed by atoms with Crippen LogP contribution in [-0.4, -0.2) is 24.7 Å². The smallest absolute Gasteiger partial charge is 0.272 e. The highest BCUT2D eigenvalue weighted by Crippen LogP contribution is 2.36. The molecule has 0 saturated carbocycles. The number of benzene rings is 1. The summed E-state index contributed by atoms with van der Waals surface area (Å²) in [6, 6.07) is 4.95. The van der Waals surface area contributed by atoms with Crippen molar-refractivity contribution >= 4 is 39.1 Å². The van der Waals surface area contributed by atoms with Gasteiger partial charge in [0.2, 0.25) is 0 Å². The largest absolute Gasteiger partial charge is 0.495 e. The third-order valence-electron chi connectivity index (χ3n) is 2.93. The summed E-state index contributed by atoms with van der Waals surface area (Å²) >= 11 is 9.41. The SMILES string of the molecule is COc1cc(OC)c(NC(=O)c2cc(Br)cn2C)cc1Cl. The van der Waals surface area contributed by atoms with E-state index in [0.29, 0.717) is 27.9 Å². The summed E-state index contributed by atoms with van der Waals surface area (Å²) in [4.78, 5) is 12.3. The molecule has 0 saturated heterocycles. The molecule has 2 aromatic rings. The zero-order valence-electron chi connectivity index (χ0n) is 11.7. The van der Waals surface area contributed by atoms with Crippen LogP contribution in [0, 0.1) is 0 Å². The van der Waals surface area contributed by atoms with Crippen LogP contribution in [0.5, 0.6) is 11.5 Å². The number of methoxy groups -OCH3 is 2. The highest BCUT2D eigenvalue weighted by Gasteiger charge is 2.16. The van der Waals surface area contributed by atoms with E-state index >= 15 is 0 Å². The predicted molar refractivity (Wildman–Crippen MR) is 85.6 cm³/mol. The van der Waals surface area contributed by atoms with Crippen LogP contribution in [0.1, 0.15) is 10.5 Å². The number of anilines is 1. The van der Waals surface area contributed by atoms with E-state index in [1.165, 1.54) is 14.2 Å². The minimum atomic E-state index is -0.261. The lowest BCUT2D eigenvalue weighted by Gasteiger charge is -2.13. The van der Waals surface area contributed by atoms with Crippen LogP contribution < -0.4 is 14.8 Å². The van der Waals surface area contributed by atoms with Gasteiger partial charge in [0.1, 0.15) is 17.2 Å². The molecule has 0 bridgehead atoms. The third kappa shape index (κ3) is 3.33. The molecule has 0 radical (unpaired) electrons. The lowest BCUT2D eigenvalue weighted by Crippen LogP contribution is -2.16. The standard InChI is InChI=1S/C14H14BrClN2O3/c1-18-7-8(15)4-11(18)14(19)17-10-5-9(16)12(20-2)6-13(10)21-3/h4-7H,1-3H3,(H,17,19). The van der Waals surface area contributed by atoms with E-state index in [1.807, 2.05) is 0 Å². The second-order valence-corrected chi connectivity index (χ2v) is 5.62. The number of aromatic nitrogens is 1. The molecule has 1 amide bonds. The molecule has 1 aromatic heterocycles.